The lowest BCUT2D eigenvalue weighted by Crippen LogP contribution is -2.29. The van der Waals surface area contributed by atoms with Gasteiger partial charge in [0.2, 0.25) is 0 Å². The highest BCUT2D eigenvalue weighted by molar-refractivity contribution is 9.10. The molecule has 0 spiro atoms. The molecule has 0 unspecified atom stereocenters. The van der Waals surface area contributed by atoms with Gasteiger partial charge in [-0.25, -0.2) is 0 Å². The van der Waals surface area contributed by atoms with Crippen molar-refractivity contribution in [1.82, 2.24) is 0 Å². The molecule has 3 heteroatoms. The second kappa shape index (κ2) is 6.93. The van der Waals surface area contributed by atoms with E-state index in [2.05, 4.69) is 28.1 Å². The Bertz CT molecular complexity index is 368. The number of esters is 1. The highest BCUT2D eigenvalue weighted by Gasteiger charge is 2.22. The van der Waals surface area contributed by atoms with Crippen LogP contribution in [0.25, 0.3) is 0 Å². The zero-order valence-electron chi connectivity index (χ0n) is 11.3. The minimum Gasteiger partial charge on any atom is -0.459 e. The van der Waals surface area contributed by atoms with Gasteiger partial charge in [0.05, 0.1) is 0 Å². The Kier molecular flexibility index (Phi) is 5.86. The largest absolute Gasteiger partial charge is 0.459 e. The highest BCUT2D eigenvalue weighted by Crippen LogP contribution is 2.17. The number of alkyl halides is 1. The molecule has 18 heavy (non-hydrogen) atoms. The van der Waals surface area contributed by atoms with Gasteiger partial charge in [-0.15, -0.1) is 0 Å². The molecule has 0 aliphatic rings. The smallest absolute Gasteiger partial charge is 0.320 e. The summed E-state index contributed by atoms with van der Waals surface area (Å²) in [5.41, 5.74) is 0.893. The highest BCUT2D eigenvalue weighted by atomic mass is 79.9. The van der Waals surface area contributed by atoms with E-state index in [4.69, 9.17) is 4.74 Å². The minimum atomic E-state index is -0.414. The fraction of sp³-hybridized carbons (Fsp3) is 0.533. The molecular formula is C15H21BrO2. The van der Waals surface area contributed by atoms with Gasteiger partial charge in [-0.05, 0) is 45.6 Å². The maximum absolute atomic E-state index is 11.7. The van der Waals surface area contributed by atoms with Crippen LogP contribution >= 0.6 is 15.9 Å². The molecule has 0 bridgehead atoms. The Hall–Kier alpha value is -0.830. The number of halogens is 1. The third kappa shape index (κ3) is 6.20. The lowest BCUT2D eigenvalue weighted by molar-refractivity contribution is -0.154. The average Bonchev–Trinajstić information content (AvgIpc) is 2.28. The third-order valence-corrected chi connectivity index (χ3v) is 3.26. The first kappa shape index (κ1) is 15.2. The summed E-state index contributed by atoms with van der Waals surface area (Å²) >= 11 is 3.39. The Morgan fingerprint density at radius 3 is 2.44 bits per heavy atom. The normalized spacial score (nSPS) is 13.1. The molecule has 0 heterocycles. The summed E-state index contributed by atoms with van der Waals surface area (Å²) in [4.78, 5) is 11.5. The number of carbonyl (C=O) groups is 1. The van der Waals surface area contributed by atoms with Crippen molar-refractivity contribution in [3.05, 3.63) is 35.9 Å². The minimum absolute atomic E-state index is 0.171. The van der Waals surface area contributed by atoms with E-state index in [1.807, 2.05) is 39.0 Å². The Balaban J connectivity index is 2.29. The van der Waals surface area contributed by atoms with Crippen LogP contribution < -0.4 is 0 Å². The molecule has 0 fully saturated rings. The molecule has 100 valence electrons. The number of rotatable bonds is 5. The number of carbonyl (C=O) groups excluding carboxylic acids is 1. The van der Waals surface area contributed by atoms with Crippen molar-refractivity contribution in [2.75, 3.05) is 0 Å². The zero-order valence-corrected chi connectivity index (χ0v) is 12.9. The average molecular weight is 313 g/mol. The van der Waals surface area contributed by atoms with Crippen LogP contribution in [-0.4, -0.2) is 16.4 Å². The summed E-state index contributed by atoms with van der Waals surface area (Å²) in [7, 11) is 0. The van der Waals surface area contributed by atoms with Gasteiger partial charge >= 0.3 is 5.97 Å². The summed E-state index contributed by atoms with van der Waals surface area (Å²) in [5.74, 6) is -0.171. The first-order chi connectivity index (χ1) is 8.38. The van der Waals surface area contributed by atoms with Gasteiger partial charge in [-0.1, -0.05) is 46.3 Å². The van der Waals surface area contributed by atoms with Crippen LogP contribution in [0.1, 0.15) is 39.2 Å². The molecule has 0 N–H and O–H groups in total. The monoisotopic (exact) mass is 312 g/mol. The summed E-state index contributed by atoms with van der Waals surface area (Å²) in [6, 6.07) is 10.3. The van der Waals surface area contributed by atoms with Crippen molar-refractivity contribution in [3.8, 4) is 0 Å². The fourth-order valence-corrected chi connectivity index (χ4v) is 2.03. The SMILES string of the molecule is CC(C)(C)OC(=O)[C@@H](Br)CCCc1ccccc1. The van der Waals surface area contributed by atoms with Gasteiger partial charge in [0.1, 0.15) is 10.4 Å². The summed E-state index contributed by atoms with van der Waals surface area (Å²) < 4.78 is 5.32. The van der Waals surface area contributed by atoms with Crippen LogP contribution in [0, 0.1) is 0 Å². The predicted molar refractivity (Wildman–Crippen MR) is 77.9 cm³/mol. The maximum Gasteiger partial charge on any atom is 0.320 e. The van der Waals surface area contributed by atoms with E-state index >= 15 is 0 Å². The van der Waals surface area contributed by atoms with E-state index in [9.17, 15) is 4.79 Å². The molecule has 1 atom stereocenters. The lowest BCUT2D eigenvalue weighted by Gasteiger charge is -2.21. The first-order valence-corrected chi connectivity index (χ1v) is 7.21. The van der Waals surface area contributed by atoms with Crippen molar-refractivity contribution >= 4 is 21.9 Å². The molecule has 0 aliphatic carbocycles. The van der Waals surface area contributed by atoms with Gasteiger partial charge < -0.3 is 4.74 Å². The van der Waals surface area contributed by atoms with Gasteiger partial charge in [-0.3, -0.25) is 4.79 Å². The van der Waals surface area contributed by atoms with Crippen molar-refractivity contribution in [1.29, 1.82) is 0 Å². The summed E-state index contributed by atoms with van der Waals surface area (Å²) in [6.45, 7) is 5.65. The van der Waals surface area contributed by atoms with E-state index < -0.39 is 5.60 Å². The summed E-state index contributed by atoms with van der Waals surface area (Å²) in [5, 5.41) is 0. The third-order valence-electron chi connectivity index (χ3n) is 2.43. The van der Waals surface area contributed by atoms with E-state index in [1.165, 1.54) is 5.56 Å². The van der Waals surface area contributed by atoms with Crippen LogP contribution in [0.5, 0.6) is 0 Å². The van der Waals surface area contributed by atoms with Crippen molar-refractivity contribution in [2.45, 2.75) is 50.5 Å². The first-order valence-electron chi connectivity index (χ1n) is 6.29. The van der Waals surface area contributed by atoms with Gasteiger partial charge in [0.25, 0.3) is 0 Å². The van der Waals surface area contributed by atoms with Gasteiger partial charge in [0, 0.05) is 0 Å². The molecule has 1 rings (SSSR count). The number of aryl methyl sites for hydroxylation is 1. The lowest BCUT2D eigenvalue weighted by atomic mass is 10.1. The molecule has 0 aromatic heterocycles. The number of benzene rings is 1. The molecule has 0 saturated heterocycles. The Morgan fingerprint density at radius 1 is 1.28 bits per heavy atom. The van der Waals surface area contributed by atoms with Crippen LogP contribution in [0.15, 0.2) is 30.3 Å². The Labute approximate surface area is 118 Å². The van der Waals surface area contributed by atoms with Crippen LogP contribution in [0.2, 0.25) is 0 Å². The zero-order chi connectivity index (χ0) is 13.6. The van der Waals surface area contributed by atoms with Crippen LogP contribution in [-0.2, 0) is 16.0 Å². The van der Waals surface area contributed by atoms with Gasteiger partial charge in [0.15, 0.2) is 0 Å². The molecule has 0 amide bonds. The molecular weight excluding hydrogens is 292 g/mol. The van der Waals surface area contributed by atoms with E-state index in [-0.39, 0.29) is 10.8 Å². The predicted octanol–water partition coefficient (Wildman–Crippen LogP) is 4.11. The van der Waals surface area contributed by atoms with E-state index in [1.54, 1.807) is 0 Å². The van der Waals surface area contributed by atoms with E-state index in [0.29, 0.717) is 0 Å². The molecule has 2 nitrogen and oxygen atoms in total. The van der Waals surface area contributed by atoms with Crippen LogP contribution in [0.4, 0.5) is 0 Å². The quantitative estimate of drug-likeness (QED) is 0.604. The topological polar surface area (TPSA) is 26.3 Å². The molecule has 0 aliphatic heterocycles. The number of ether oxygens (including phenoxy) is 1. The standard InChI is InChI=1S/C15H21BrO2/c1-15(2,3)18-14(17)13(16)11-7-10-12-8-5-4-6-9-12/h4-6,8-9,13H,7,10-11H2,1-3H3/t13-/m0/s1. The molecule has 1 aromatic rings. The molecule has 0 saturated carbocycles. The summed E-state index contributed by atoms with van der Waals surface area (Å²) in [6.07, 6.45) is 2.76. The fourth-order valence-electron chi connectivity index (χ4n) is 1.61. The van der Waals surface area contributed by atoms with Gasteiger partial charge in [-0.2, -0.15) is 0 Å². The van der Waals surface area contributed by atoms with Crippen molar-refractivity contribution in [2.24, 2.45) is 0 Å². The van der Waals surface area contributed by atoms with Crippen molar-refractivity contribution in [3.63, 3.8) is 0 Å². The second-order valence-electron chi connectivity index (χ2n) is 5.38. The van der Waals surface area contributed by atoms with Crippen molar-refractivity contribution < 1.29 is 9.53 Å². The molecule has 0 radical (unpaired) electrons. The number of hydrogen-bond donors (Lipinski definition) is 0. The molecule has 1 aromatic carbocycles. The second-order valence-corrected chi connectivity index (χ2v) is 6.48. The van der Waals surface area contributed by atoms with E-state index in [0.717, 1.165) is 19.3 Å². The number of hydrogen-bond acceptors (Lipinski definition) is 2. The Morgan fingerprint density at radius 2 is 1.89 bits per heavy atom. The maximum atomic E-state index is 11.7. The van der Waals surface area contributed by atoms with Crippen LogP contribution in [0.3, 0.4) is 0 Å².